The van der Waals surface area contributed by atoms with Gasteiger partial charge in [-0.1, -0.05) is 0 Å². The van der Waals surface area contributed by atoms with Gasteiger partial charge in [0, 0.05) is 38.3 Å². The minimum atomic E-state index is 0.103. The van der Waals surface area contributed by atoms with Gasteiger partial charge in [0.25, 0.3) is 5.91 Å². The molecule has 1 N–H and O–H groups in total. The monoisotopic (exact) mass is 277 g/mol. The van der Waals surface area contributed by atoms with Crippen LogP contribution < -0.4 is 10.1 Å². The maximum Gasteiger partial charge on any atom is 0.253 e. The topological polar surface area (TPSA) is 44.8 Å². The predicted octanol–water partition coefficient (Wildman–Crippen LogP) is 0.672. The number of nitrogens with one attached hydrogen (secondary N) is 1. The zero-order valence-electron chi connectivity index (χ0n) is 12.3. The fourth-order valence-corrected chi connectivity index (χ4v) is 2.09. The van der Waals surface area contributed by atoms with Crippen LogP contribution in [0.15, 0.2) is 24.3 Å². The molecule has 2 rings (SSSR count). The number of rotatable bonds is 5. The molecular weight excluding hydrogens is 254 g/mol. The molecule has 1 aromatic rings. The summed E-state index contributed by atoms with van der Waals surface area (Å²) in [6.45, 7) is 4.83. The molecule has 0 radical (unpaired) electrons. The molecule has 0 aliphatic carbocycles. The Bertz CT molecular complexity index is 425. The zero-order chi connectivity index (χ0) is 14.4. The Kier molecular flexibility index (Phi) is 5.38. The van der Waals surface area contributed by atoms with Crippen molar-refractivity contribution in [1.82, 2.24) is 15.1 Å². The predicted molar refractivity (Wildman–Crippen MR) is 79.3 cm³/mol. The summed E-state index contributed by atoms with van der Waals surface area (Å²) in [4.78, 5) is 16.2. The van der Waals surface area contributed by atoms with E-state index in [1.807, 2.05) is 43.3 Å². The van der Waals surface area contributed by atoms with Crippen LogP contribution in [0, 0.1) is 0 Å². The smallest absolute Gasteiger partial charge is 0.253 e. The van der Waals surface area contributed by atoms with E-state index in [0.717, 1.165) is 44.0 Å². The lowest BCUT2D eigenvalue weighted by atomic mass is 10.2. The number of benzene rings is 1. The summed E-state index contributed by atoms with van der Waals surface area (Å²) in [6, 6.07) is 7.42. The summed E-state index contributed by atoms with van der Waals surface area (Å²) in [5, 5.41) is 3.24. The minimum absolute atomic E-state index is 0.103. The molecule has 20 heavy (non-hydrogen) atoms. The highest BCUT2D eigenvalue weighted by molar-refractivity contribution is 5.94. The van der Waals surface area contributed by atoms with E-state index < -0.39 is 0 Å². The van der Waals surface area contributed by atoms with Crippen molar-refractivity contribution >= 4 is 5.91 Å². The molecule has 1 amide bonds. The summed E-state index contributed by atoms with van der Waals surface area (Å²) in [7, 11) is 4.03. The van der Waals surface area contributed by atoms with Crippen molar-refractivity contribution in [2.45, 2.75) is 0 Å². The van der Waals surface area contributed by atoms with E-state index in [9.17, 15) is 4.79 Å². The summed E-state index contributed by atoms with van der Waals surface area (Å²) in [6.07, 6.45) is 0. The number of carbonyl (C=O) groups is 1. The third kappa shape index (κ3) is 4.21. The summed E-state index contributed by atoms with van der Waals surface area (Å²) in [5.74, 6) is 0.912. The zero-order valence-corrected chi connectivity index (χ0v) is 12.3. The summed E-state index contributed by atoms with van der Waals surface area (Å²) in [5.41, 5.74) is 0.729. The maximum absolute atomic E-state index is 12.3. The van der Waals surface area contributed by atoms with E-state index in [4.69, 9.17) is 4.74 Å². The van der Waals surface area contributed by atoms with Crippen LogP contribution in [0.5, 0.6) is 5.75 Å². The molecule has 0 saturated carbocycles. The van der Waals surface area contributed by atoms with Gasteiger partial charge in [0.1, 0.15) is 12.4 Å². The normalized spacial score (nSPS) is 15.4. The first-order chi connectivity index (χ1) is 9.66. The molecule has 1 heterocycles. The van der Waals surface area contributed by atoms with Crippen LogP contribution in [-0.4, -0.2) is 69.1 Å². The molecule has 0 aromatic heterocycles. The first kappa shape index (κ1) is 14.8. The van der Waals surface area contributed by atoms with E-state index >= 15 is 0 Å². The summed E-state index contributed by atoms with van der Waals surface area (Å²) < 4.78 is 5.62. The SMILES string of the molecule is CN(C)CCOc1ccc(C(=O)N2CCNCC2)cc1. The van der Waals surface area contributed by atoms with Crippen molar-refractivity contribution < 1.29 is 9.53 Å². The Hall–Kier alpha value is -1.59. The van der Waals surface area contributed by atoms with Gasteiger partial charge in [0.05, 0.1) is 0 Å². The molecule has 1 aliphatic rings. The van der Waals surface area contributed by atoms with Crippen LogP contribution in [0.25, 0.3) is 0 Å². The van der Waals surface area contributed by atoms with Gasteiger partial charge in [-0.05, 0) is 38.4 Å². The molecule has 110 valence electrons. The number of ether oxygens (including phenoxy) is 1. The van der Waals surface area contributed by atoms with Crippen molar-refractivity contribution in [3.05, 3.63) is 29.8 Å². The molecular formula is C15H23N3O2. The van der Waals surface area contributed by atoms with Crippen molar-refractivity contribution in [3.8, 4) is 5.75 Å². The fraction of sp³-hybridized carbons (Fsp3) is 0.533. The van der Waals surface area contributed by atoms with E-state index in [2.05, 4.69) is 10.2 Å². The first-order valence-electron chi connectivity index (χ1n) is 7.04. The Labute approximate surface area is 120 Å². The van der Waals surface area contributed by atoms with Gasteiger partial charge in [-0.2, -0.15) is 0 Å². The molecule has 1 aromatic carbocycles. The summed E-state index contributed by atoms with van der Waals surface area (Å²) >= 11 is 0. The van der Waals surface area contributed by atoms with Gasteiger partial charge in [0.15, 0.2) is 0 Å². The fourth-order valence-electron chi connectivity index (χ4n) is 2.09. The minimum Gasteiger partial charge on any atom is -0.492 e. The second kappa shape index (κ2) is 7.26. The van der Waals surface area contributed by atoms with E-state index in [1.165, 1.54) is 0 Å². The van der Waals surface area contributed by atoms with E-state index in [1.54, 1.807) is 0 Å². The lowest BCUT2D eigenvalue weighted by Crippen LogP contribution is -2.46. The number of hydrogen-bond acceptors (Lipinski definition) is 4. The van der Waals surface area contributed by atoms with Crippen LogP contribution in [0.3, 0.4) is 0 Å². The largest absolute Gasteiger partial charge is 0.492 e. The Balaban J connectivity index is 1.88. The van der Waals surface area contributed by atoms with Crippen LogP contribution >= 0.6 is 0 Å². The second-order valence-corrected chi connectivity index (χ2v) is 5.22. The van der Waals surface area contributed by atoms with Crippen molar-refractivity contribution in [2.75, 3.05) is 53.4 Å². The molecule has 1 fully saturated rings. The number of amides is 1. The highest BCUT2D eigenvalue weighted by Crippen LogP contribution is 2.14. The van der Waals surface area contributed by atoms with Crippen LogP contribution in [0.2, 0.25) is 0 Å². The standard InChI is InChI=1S/C15H23N3O2/c1-17(2)11-12-20-14-5-3-13(4-6-14)15(19)18-9-7-16-8-10-18/h3-6,16H,7-12H2,1-2H3. The molecule has 0 spiro atoms. The number of hydrogen-bond donors (Lipinski definition) is 1. The number of likely N-dealkylation sites (N-methyl/N-ethyl adjacent to an activating group) is 1. The lowest BCUT2D eigenvalue weighted by Gasteiger charge is -2.27. The van der Waals surface area contributed by atoms with Crippen LogP contribution in [0.1, 0.15) is 10.4 Å². The quantitative estimate of drug-likeness (QED) is 0.859. The maximum atomic E-state index is 12.3. The average molecular weight is 277 g/mol. The average Bonchev–Trinajstić information content (AvgIpc) is 2.48. The van der Waals surface area contributed by atoms with Crippen molar-refractivity contribution in [1.29, 1.82) is 0 Å². The number of carbonyl (C=O) groups excluding carboxylic acids is 1. The molecule has 0 unspecified atom stereocenters. The molecule has 5 nitrogen and oxygen atoms in total. The highest BCUT2D eigenvalue weighted by Gasteiger charge is 2.17. The molecule has 5 heteroatoms. The Morgan fingerprint density at radius 1 is 1.25 bits per heavy atom. The third-order valence-electron chi connectivity index (χ3n) is 3.31. The number of piperazine rings is 1. The first-order valence-corrected chi connectivity index (χ1v) is 7.04. The Morgan fingerprint density at radius 3 is 2.50 bits per heavy atom. The van der Waals surface area contributed by atoms with E-state index in [-0.39, 0.29) is 5.91 Å². The second-order valence-electron chi connectivity index (χ2n) is 5.22. The van der Waals surface area contributed by atoms with Gasteiger partial charge in [0.2, 0.25) is 0 Å². The van der Waals surface area contributed by atoms with Gasteiger partial charge in [-0.25, -0.2) is 0 Å². The van der Waals surface area contributed by atoms with Crippen molar-refractivity contribution in [2.24, 2.45) is 0 Å². The Morgan fingerprint density at radius 2 is 1.90 bits per heavy atom. The van der Waals surface area contributed by atoms with E-state index in [0.29, 0.717) is 6.61 Å². The van der Waals surface area contributed by atoms with Gasteiger partial charge >= 0.3 is 0 Å². The number of nitrogens with zero attached hydrogens (tertiary/aromatic N) is 2. The van der Waals surface area contributed by atoms with Gasteiger partial charge in [-0.3, -0.25) is 4.79 Å². The molecule has 0 bridgehead atoms. The van der Waals surface area contributed by atoms with Gasteiger partial charge in [-0.15, -0.1) is 0 Å². The van der Waals surface area contributed by atoms with Crippen LogP contribution in [0.4, 0.5) is 0 Å². The molecule has 1 aliphatic heterocycles. The third-order valence-corrected chi connectivity index (χ3v) is 3.31. The molecule has 0 atom stereocenters. The van der Waals surface area contributed by atoms with Gasteiger partial charge < -0.3 is 19.9 Å². The van der Waals surface area contributed by atoms with Crippen LogP contribution in [-0.2, 0) is 0 Å². The molecule has 1 saturated heterocycles. The van der Waals surface area contributed by atoms with Crippen molar-refractivity contribution in [3.63, 3.8) is 0 Å². The highest BCUT2D eigenvalue weighted by atomic mass is 16.5. The lowest BCUT2D eigenvalue weighted by molar-refractivity contribution is 0.0736.